The summed E-state index contributed by atoms with van der Waals surface area (Å²) < 4.78 is 33.1. The molecule has 0 spiro atoms. The number of carbonyl (C=O) groups excluding carboxylic acids is 1. The molecular formula is C24H32N2O4S. The normalized spacial score (nSPS) is 15.1. The third-order valence-electron chi connectivity index (χ3n) is 5.90. The van der Waals surface area contributed by atoms with E-state index in [2.05, 4.69) is 0 Å². The predicted octanol–water partition coefficient (Wildman–Crippen LogP) is 4.10. The van der Waals surface area contributed by atoms with Gasteiger partial charge in [0.05, 0.1) is 11.4 Å². The number of likely N-dealkylation sites (N-methyl/N-ethyl adjacent to an activating group) is 1. The Morgan fingerprint density at radius 2 is 1.71 bits per heavy atom. The number of carbonyl (C=O) groups is 1. The minimum Gasteiger partial charge on any atom is -0.492 e. The molecule has 0 aliphatic heterocycles. The predicted molar refractivity (Wildman–Crippen MR) is 122 cm³/mol. The standard InChI is InChI=1S/C24H32N2O4S/c1-19-8-7-11-22(18-19)30-17-16-25(2)24(27)20-12-14-23(15-13-20)31(28,29)26(3)21-9-5-4-6-10-21/h7-8,11-15,18,21H,4-6,9-10,16-17H2,1-3H3. The second-order valence-corrected chi connectivity index (χ2v) is 10.2. The van der Waals surface area contributed by atoms with Crippen LogP contribution < -0.4 is 4.74 Å². The molecule has 1 fully saturated rings. The van der Waals surface area contributed by atoms with Crippen molar-refractivity contribution >= 4 is 15.9 Å². The van der Waals surface area contributed by atoms with Crippen LogP contribution in [-0.2, 0) is 10.0 Å². The summed E-state index contributed by atoms with van der Waals surface area (Å²) in [4.78, 5) is 14.5. The molecule has 1 aliphatic rings. The van der Waals surface area contributed by atoms with Crippen LogP contribution in [0.1, 0.15) is 48.0 Å². The van der Waals surface area contributed by atoms with Crippen LogP contribution in [0, 0.1) is 6.92 Å². The van der Waals surface area contributed by atoms with E-state index in [9.17, 15) is 13.2 Å². The van der Waals surface area contributed by atoms with Gasteiger partial charge in [-0.1, -0.05) is 31.4 Å². The van der Waals surface area contributed by atoms with Crippen molar-refractivity contribution in [1.29, 1.82) is 0 Å². The molecule has 1 amide bonds. The number of rotatable bonds is 8. The number of aryl methyl sites for hydroxylation is 1. The fourth-order valence-corrected chi connectivity index (χ4v) is 5.32. The van der Waals surface area contributed by atoms with Crippen molar-refractivity contribution in [1.82, 2.24) is 9.21 Å². The van der Waals surface area contributed by atoms with E-state index < -0.39 is 10.0 Å². The summed E-state index contributed by atoms with van der Waals surface area (Å²) >= 11 is 0. The lowest BCUT2D eigenvalue weighted by Gasteiger charge is -2.30. The second kappa shape index (κ2) is 10.3. The zero-order chi connectivity index (χ0) is 22.4. The number of sulfonamides is 1. The first-order chi connectivity index (χ1) is 14.8. The maximum absolute atomic E-state index is 13.0. The maximum atomic E-state index is 13.0. The van der Waals surface area contributed by atoms with Crippen molar-refractivity contribution in [3.05, 3.63) is 59.7 Å². The van der Waals surface area contributed by atoms with Crippen molar-refractivity contribution < 1.29 is 17.9 Å². The van der Waals surface area contributed by atoms with Crippen LogP contribution in [0.25, 0.3) is 0 Å². The van der Waals surface area contributed by atoms with Gasteiger partial charge in [0.15, 0.2) is 0 Å². The summed E-state index contributed by atoms with van der Waals surface area (Å²) in [6.45, 7) is 2.81. The molecule has 2 aromatic rings. The molecule has 0 bridgehead atoms. The largest absolute Gasteiger partial charge is 0.492 e. The Bertz CT molecular complexity index is 983. The van der Waals surface area contributed by atoms with E-state index in [0.717, 1.165) is 37.0 Å². The molecule has 0 N–H and O–H groups in total. The number of hydrogen-bond acceptors (Lipinski definition) is 4. The van der Waals surface area contributed by atoms with E-state index >= 15 is 0 Å². The summed E-state index contributed by atoms with van der Waals surface area (Å²) in [5.74, 6) is 0.606. The van der Waals surface area contributed by atoms with Gasteiger partial charge >= 0.3 is 0 Å². The third-order valence-corrected chi connectivity index (χ3v) is 7.82. The molecule has 2 aromatic carbocycles. The van der Waals surface area contributed by atoms with Crippen LogP contribution in [0.5, 0.6) is 5.75 Å². The SMILES string of the molecule is Cc1cccc(OCCN(C)C(=O)c2ccc(S(=O)(=O)N(C)C3CCCCC3)cc2)c1. The first kappa shape index (κ1) is 23.3. The monoisotopic (exact) mass is 444 g/mol. The highest BCUT2D eigenvalue weighted by Gasteiger charge is 2.29. The van der Waals surface area contributed by atoms with Crippen molar-refractivity contribution in [3.63, 3.8) is 0 Å². The van der Waals surface area contributed by atoms with Crippen LogP contribution >= 0.6 is 0 Å². The Balaban J connectivity index is 1.58. The summed E-state index contributed by atoms with van der Waals surface area (Å²) in [6, 6.07) is 14.0. The van der Waals surface area contributed by atoms with E-state index in [1.807, 2.05) is 31.2 Å². The lowest BCUT2D eigenvalue weighted by molar-refractivity contribution is 0.0773. The van der Waals surface area contributed by atoms with Crippen molar-refractivity contribution in [2.75, 3.05) is 27.2 Å². The maximum Gasteiger partial charge on any atom is 0.253 e. The molecular weight excluding hydrogens is 412 g/mol. The molecule has 0 atom stereocenters. The Morgan fingerprint density at radius 3 is 2.35 bits per heavy atom. The number of benzene rings is 2. The first-order valence-electron chi connectivity index (χ1n) is 10.8. The van der Waals surface area contributed by atoms with E-state index in [4.69, 9.17) is 4.74 Å². The van der Waals surface area contributed by atoms with Crippen LogP contribution in [-0.4, -0.2) is 56.8 Å². The molecule has 168 valence electrons. The zero-order valence-electron chi connectivity index (χ0n) is 18.6. The van der Waals surface area contributed by atoms with E-state index in [-0.39, 0.29) is 16.8 Å². The second-order valence-electron chi connectivity index (χ2n) is 8.23. The van der Waals surface area contributed by atoms with E-state index in [0.29, 0.717) is 18.7 Å². The van der Waals surface area contributed by atoms with Crippen LogP contribution in [0.15, 0.2) is 53.4 Å². The molecule has 0 heterocycles. The minimum atomic E-state index is -3.56. The van der Waals surface area contributed by atoms with Crippen LogP contribution in [0.3, 0.4) is 0 Å². The fourth-order valence-electron chi connectivity index (χ4n) is 3.90. The number of nitrogens with zero attached hydrogens (tertiary/aromatic N) is 2. The van der Waals surface area contributed by atoms with E-state index in [1.165, 1.54) is 22.9 Å². The molecule has 1 aliphatic carbocycles. The lowest BCUT2D eigenvalue weighted by Crippen LogP contribution is -2.38. The van der Waals surface area contributed by atoms with Gasteiger partial charge in [0, 0.05) is 25.7 Å². The van der Waals surface area contributed by atoms with Crippen LogP contribution in [0.2, 0.25) is 0 Å². The lowest BCUT2D eigenvalue weighted by atomic mass is 9.96. The van der Waals surface area contributed by atoms with Crippen LogP contribution in [0.4, 0.5) is 0 Å². The molecule has 0 saturated heterocycles. The molecule has 1 saturated carbocycles. The van der Waals surface area contributed by atoms with Gasteiger partial charge in [0.1, 0.15) is 12.4 Å². The van der Waals surface area contributed by atoms with Gasteiger partial charge in [-0.3, -0.25) is 4.79 Å². The molecule has 31 heavy (non-hydrogen) atoms. The van der Waals surface area contributed by atoms with E-state index in [1.54, 1.807) is 31.1 Å². The van der Waals surface area contributed by atoms with Gasteiger partial charge in [-0.15, -0.1) is 0 Å². The molecule has 7 heteroatoms. The minimum absolute atomic E-state index is 0.0552. The average molecular weight is 445 g/mol. The van der Waals surface area contributed by atoms with Gasteiger partial charge in [-0.05, 0) is 61.7 Å². The average Bonchev–Trinajstić information content (AvgIpc) is 2.78. The highest BCUT2D eigenvalue weighted by atomic mass is 32.2. The zero-order valence-corrected chi connectivity index (χ0v) is 19.4. The van der Waals surface area contributed by atoms with Gasteiger partial charge in [0.2, 0.25) is 10.0 Å². The molecule has 0 aromatic heterocycles. The Kier molecular flexibility index (Phi) is 7.73. The van der Waals surface area contributed by atoms with Crippen molar-refractivity contribution in [2.45, 2.75) is 50.0 Å². The number of ether oxygens (including phenoxy) is 1. The number of hydrogen-bond donors (Lipinski definition) is 0. The van der Waals surface area contributed by atoms with Gasteiger partial charge in [-0.25, -0.2) is 8.42 Å². The highest BCUT2D eigenvalue weighted by molar-refractivity contribution is 7.89. The molecule has 3 rings (SSSR count). The third kappa shape index (κ3) is 5.86. The quantitative estimate of drug-likeness (QED) is 0.615. The summed E-state index contributed by atoms with van der Waals surface area (Å²) in [5, 5.41) is 0. The van der Waals surface area contributed by atoms with Gasteiger partial charge in [0.25, 0.3) is 5.91 Å². The Labute approximate surface area is 185 Å². The molecule has 0 unspecified atom stereocenters. The Morgan fingerprint density at radius 1 is 1.03 bits per heavy atom. The Hall–Kier alpha value is -2.38. The fraction of sp³-hybridized carbons (Fsp3) is 0.458. The summed E-state index contributed by atoms with van der Waals surface area (Å²) in [5.41, 5.74) is 1.57. The highest BCUT2D eigenvalue weighted by Crippen LogP contribution is 2.26. The van der Waals surface area contributed by atoms with Crippen molar-refractivity contribution in [3.8, 4) is 5.75 Å². The summed E-state index contributed by atoms with van der Waals surface area (Å²) in [7, 11) is -0.190. The smallest absolute Gasteiger partial charge is 0.253 e. The molecule has 0 radical (unpaired) electrons. The van der Waals surface area contributed by atoms with Gasteiger partial charge in [-0.2, -0.15) is 4.31 Å². The molecule has 6 nitrogen and oxygen atoms in total. The summed E-state index contributed by atoms with van der Waals surface area (Å²) in [6.07, 6.45) is 5.12. The number of amides is 1. The van der Waals surface area contributed by atoms with Gasteiger partial charge < -0.3 is 9.64 Å². The first-order valence-corrected chi connectivity index (χ1v) is 12.3. The van der Waals surface area contributed by atoms with Crippen molar-refractivity contribution in [2.24, 2.45) is 0 Å². The topological polar surface area (TPSA) is 66.9 Å².